The van der Waals surface area contributed by atoms with E-state index < -0.39 is 5.97 Å². The van der Waals surface area contributed by atoms with Crippen molar-refractivity contribution in [2.24, 2.45) is 0 Å². The van der Waals surface area contributed by atoms with Crippen molar-refractivity contribution in [2.45, 2.75) is 26.0 Å². The van der Waals surface area contributed by atoms with Crippen LogP contribution in [0.1, 0.15) is 40.6 Å². The molecule has 1 aliphatic rings. The van der Waals surface area contributed by atoms with E-state index in [9.17, 15) is 9.59 Å². The fourth-order valence-corrected chi connectivity index (χ4v) is 2.46. The van der Waals surface area contributed by atoms with Crippen molar-refractivity contribution in [3.63, 3.8) is 0 Å². The van der Waals surface area contributed by atoms with E-state index in [1.165, 1.54) is 12.1 Å². The monoisotopic (exact) mass is 329 g/mol. The first-order valence-corrected chi connectivity index (χ1v) is 7.77. The van der Waals surface area contributed by atoms with E-state index in [1.54, 1.807) is 34.1 Å². The van der Waals surface area contributed by atoms with Crippen molar-refractivity contribution < 1.29 is 19.4 Å². The molecule has 7 nitrogen and oxygen atoms in total. The lowest BCUT2D eigenvalue weighted by Crippen LogP contribution is -2.56. The van der Waals surface area contributed by atoms with E-state index in [0.717, 1.165) is 0 Å². The smallest absolute Gasteiger partial charge is 0.335 e. The van der Waals surface area contributed by atoms with Crippen molar-refractivity contribution in [3.8, 4) is 5.75 Å². The number of ether oxygens (including phenoxy) is 1. The summed E-state index contributed by atoms with van der Waals surface area (Å²) in [5.74, 6) is -0.420. The van der Waals surface area contributed by atoms with Crippen molar-refractivity contribution >= 4 is 11.9 Å². The number of hydrogen-bond acceptors (Lipinski definition) is 4. The molecule has 7 heteroatoms. The number of carboxylic acid groups (broad SMARTS) is 1. The van der Waals surface area contributed by atoms with Crippen LogP contribution in [0.15, 0.2) is 36.7 Å². The maximum Gasteiger partial charge on any atom is 0.335 e. The topological polar surface area (TPSA) is 84.7 Å². The molecule has 0 unspecified atom stereocenters. The Morgan fingerprint density at radius 2 is 1.88 bits per heavy atom. The van der Waals surface area contributed by atoms with Gasteiger partial charge in [-0.2, -0.15) is 5.10 Å². The predicted octanol–water partition coefficient (Wildman–Crippen LogP) is 2.07. The highest BCUT2D eigenvalue weighted by Gasteiger charge is 2.33. The van der Waals surface area contributed by atoms with Gasteiger partial charge in [-0.3, -0.25) is 9.48 Å². The summed E-state index contributed by atoms with van der Waals surface area (Å²) in [7, 11) is 0. The number of benzene rings is 1. The van der Waals surface area contributed by atoms with E-state index in [0.29, 0.717) is 24.4 Å². The molecule has 1 aromatic heterocycles. The largest absolute Gasteiger partial charge is 0.487 e. The number of rotatable bonds is 5. The Labute approximate surface area is 139 Å². The molecule has 0 bridgehead atoms. The van der Waals surface area contributed by atoms with Gasteiger partial charge in [-0.15, -0.1) is 0 Å². The summed E-state index contributed by atoms with van der Waals surface area (Å²) in [6.07, 6.45) is 3.26. The van der Waals surface area contributed by atoms with Gasteiger partial charge in [0.25, 0.3) is 5.91 Å². The minimum Gasteiger partial charge on any atom is -0.487 e. The number of carboxylic acids is 1. The Morgan fingerprint density at radius 1 is 1.21 bits per heavy atom. The molecule has 2 heterocycles. The zero-order valence-corrected chi connectivity index (χ0v) is 13.5. The Bertz CT molecular complexity index is 745. The fourth-order valence-electron chi connectivity index (χ4n) is 2.46. The van der Waals surface area contributed by atoms with Crippen molar-refractivity contribution in [1.29, 1.82) is 0 Å². The van der Waals surface area contributed by atoms with Crippen molar-refractivity contribution in [3.05, 3.63) is 47.8 Å². The first-order chi connectivity index (χ1) is 11.4. The number of aromatic carboxylic acids is 1. The van der Waals surface area contributed by atoms with E-state index in [2.05, 4.69) is 5.10 Å². The summed E-state index contributed by atoms with van der Waals surface area (Å²) < 4.78 is 7.49. The van der Waals surface area contributed by atoms with Gasteiger partial charge in [-0.25, -0.2) is 4.79 Å². The lowest BCUT2D eigenvalue weighted by Gasteiger charge is -2.38. The van der Waals surface area contributed by atoms with Crippen LogP contribution in [-0.4, -0.2) is 50.9 Å². The summed E-state index contributed by atoms with van der Waals surface area (Å²) in [6.45, 7) is 5.02. The molecule has 2 aromatic rings. The number of aromatic nitrogens is 2. The van der Waals surface area contributed by atoms with E-state index in [-0.39, 0.29) is 23.6 Å². The molecule has 0 atom stereocenters. The average molecular weight is 329 g/mol. The molecule has 1 N–H and O–H groups in total. The zero-order valence-electron chi connectivity index (χ0n) is 13.5. The lowest BCUT2D eigenvalue weighted by molar-refractivity contribution is 0.0177. The van der Waals surface area contributed by atoms with Crippen LogP contribution in [0.3, 0.4) is 0 Å². The Balaban J connectivity index is 1.53. The number of hydrogen-bond donors (Lipinski definition) is 1. The molecule has 1 aromatic carbocycles. The van der Waals surface area contributed by atoms with Gasteiger partial charge in [-0.1, -0.05) is 0 Å². The second-order valence-electron chi connectivity index (χ2n) is 6.08. The molecule has 1 fully saturated rings. The molecule has 1 saturated heterocycles. The molecule has 0 spiro atoms. The van der Waals surface area contributed by atoms with E-state index in [4.69, 9.17) is 9.84 Å². The highest BCUT2D eigenvalue weighted by molar-refractivity contribution is 5.94. The zero-order chi connectivity index (χ0) is 17.3. The summed E-state index contributed by atoms with van der Waals surface area (Å²) >= 11 is 0. The van der Waals surface area contributed by atoms with Crippen LogP contribution in [0.4, 0.5) is 0 Å². The Morgan fingerprint density at radius 3 is 2.42 bits per heavy atom. The van der Waals surface area contributed by atoms with Crippen LogP contribution >= 0.6 is 0 Å². The van der Waals surface area contributed by atoms with Crippen LogP contribution in [0.2, 0.25) is 0 Å². The standard InChI is InChI=1S/C17H19N3O4/c1-11(2)20-8-13(7-18-20)16(21)19-9-15(10-19)24-14-5-3-12(4-6-14)17(22)23/h3-8,11,15H,9-10H2,1-2H3,(H,22,23). The summed E-state index contributed by atoms with van der Waals surface area (Å²) in [5.41, 5.74) is 0.794. The number of amides is 1. The second-order valence-corrected chi connectivity index (χ2v) is 6.08. The third-order valence-corrected chi connectivity index (χ3v) is 3.92. The van der Waals surface area contributed by atoms with Crippen LogP contribution in [0.5, 0.6) is 5.75 Å². The van der Waals surface area contributed by atoms with Gasteiger partial charge in [0.15, 0.2) is 0 Å². The van der Waals surface area contributed by atoms with Crippen LogP contribution in [0.25, 0.3) is 0 Å². The van der Waals surface area contributed by atoms with E-state index >= 15 is 0 Å². The Kier molecular flexibility index (Phi) is 4.24. The second kappa shape index (κ2) is 6.35. The molecular weight excluding hydrogens is 310 g/mol. The number of likely N-dealkylation sites (tertiary alicyclic amines) is 1. The maximum atomic E-state index is 12.3. The molecular formula is C17H19N3O4. The SMILES string of the molecule is CC(C)n1cc(C(=O)N2CC(Oc3ccc(C(=O)O)cc3)C2)cn1. The van der Waals surface area contributed by atoms with Gasteiger partial charge < -0.3 is 14.7 Å². The minimum atomic E-state index is -0.969. The molecule has 0 aliphatic carbocycles. The van der Waals surface area contributed by atoms with Crippen LogP contribution in [-0.2, 0) is 0 Å². The first kappa shape index (κ1) is 16.0. The van der Waals surface area contributed by atoms with Gasteiger partial charge in [0.05, 0.1) is 30.4 Å². The third kappa shape index (κ3) is 3.24. The first-order valence-electron chi connectivity index (χ1n) is 7.77. The molecule has 0 saturated carbocycles. The molecule has 1 aliphatic heterocycles. The van der Waals surface area contributed by atoms with Crippen LogP contribution in [0, 0.1) is 0 Å². The average Bonchev–Trinajstić information content (AvgIpc) is 3.00. The summed E-state index contributed by atoms with van der Waals surface area (Å²) in [4.78, 5) is 24.8. The highest BCUT2D eigenvalue weighted by atomic mass is 16.5. The number of carbonyl (C=O) groups excluding carboxylic acids is 1. The fraction of sp³-hybridized carbons (Fsp3) is 0.353. The van der Waals surface area contributed by atoms with Gasteiger partial charge in [0, 0.05) is 12.2 Å². The lowest BCUT2D eigenvalue weighted by atomic mass is 10.1. The summed E-state index contributed by atoms with van der Waals surface area (Å²) in [5, 5.41) is 13.0. The number of nitrogens with zero attached hydrogens (tertiary/aromatic N) is 3. The number of carbonyl (C=O) groups is 2. The van der Waals surface area contributed by atoms with Gasteiger partial charge in [-0.05, 0) is 38.1 Å². The quantitative estimate of drug-likeness (QED) is 0.907. The van der Waals surface area contributed by atoms with E-state index in [1.807, 2.05) is 13.8 Å². The molecule has 1 amide bonds. The minimum absolute atomic E-state index is 0.0528. The molecule has 0 radical (unpaired) electrons. The molecule has 126 valence electrons. The Hall–Kier alpha value is -2.83. The van der Waals surface area contributed by atoms with Crippen molar-refractivity contribution in [2.75, 3.05) is 13.1 Å². The van der Waals surface area contributed by atoms with Gasteiger partial charge in [0.2, 0.25) is 0 Å². The van der Waals surface area contributed by atoms with Crippen molar-refractivity contribution in [1.82, 2.24) is 14.7 Å². The molecule has 3 rings (SSSR count). The van der Waals surface area contributed by atoms with Crippen LogP contribution < -0.4 is 4.74 Å². The van der Waals surface area contributed by atoms with Gasteiger partial charge >= 0.3 is 5.97 Å². The summed E-state index contributed by atoms with van der Waals surface area (Å²) in [6, 6.07) is 6.47. The maximum absolute atomic E-state index is 12.3. The van der Waals surface area contributed by atoms with Gasteiger partial charge in [0.1, 0.15) is 11.9 Å². The highest BCUT2D eigenvalue weighted by Crippen LogP contribution is 2.20. The normalized spacial score (nSPS) is 14.5. The molecule has 24 heavy (non-hydrogen) atoms. The predicted molar refractivity (Wildman–Crippen MR) is 86.3 cm³/mol. The third-order valence-electron chi connectivity index (χ3n) is 3.92.